The van der Waals surface area contributed by atoms with Gasteiger partial charge in [-0.25, -0.2) is 0 Å². The predicted molar refractivity (Wildman–Crippen MR) is 113 cm³/mol. The van der Waals surface area contributed by atoms with E-state index < -0.39 is 0 Å². The Morgan fingerprint density at radius 3 is 2.24 bits per heavy atom. The molecule has 1 aliphatic rings. The fourth-order valence-electron chi connectivity index (χ4n) is 4.48. The molecule has 0 unspecified atom stereocenters. The van der Waals surface area contributed by atoms with Gasteiger partial charge in [0.2, 0.25) is 5.78 Å². The minimum atomic E-state index is 0.274. The van der Waals surface area contributed by atoms with E-state index in [9.17, 15) is 4.79 Å². The zero-order valence-corrected chi connectivity index (χ0v) is 18.4. The number of quaternary nitrogens is 2. The van der Waals surface area contributed by atoms with Gasteiger partial charge in [0.15, 0.2) is 11.5 Å². The number of piperazine rings is 1. The maximum absolute atomic E-state index is 12.9. The van der Waals surface area contributed by atoms with Crippen LogP contribution in [0, 0.1) is 13.8 Å². The molecule has 1 aromatic heterocycles. The van der Waals surface area contributed by atoms with Crippen LogP contribution in [0.3, 0.4) is 0 Å². The van der Waals surface area contributed by atoms with Crippen LogP contribution in [0.1, 0.15) is 34.2 Å². The summed E-state index contributed by atoms with van der Waals surface area (Å²) in [5.41, 5.74) is 4.43. The third-order valence-corrected chi connectivity index (χ3v) is 6.17. The number of aromatic nitrogens is 1. The van der Waals surface area contributed by atoms with Crippen LogP contribution < -0.4 is 19.3 Å². The summed E-state index contributed by atoms with van der Waals surface area (Å²) in [4.78, 5) is 15.8. The Hall–Kier alpha value is -2.31. The summed E-state index contributed by atoms with van der Waals surface area (Å²) in [5.74, 6) is 1.82. The molecule has 2 heterocycles. The normalized spacial score (nSPS) is 19.2. The maximum Gasteiger partial charge on any atom is 0.218 e. The largest absolute Gasteiger partial charge is 0.493 e. The number of nitrogens with one attached hydrogen (secondary N) is 2. The van der Waals surface area contributed by atoms with Crippen LogP contribution in [-0.2, 0) is 13.1 Å². The van der Waals surface area contributed by atoms with Gasteiger partial charge in [-0.2, -0.15) is 0 Å². The third-order valence-electron chi connectivity index (χ3n) is 6.17. The lowest BCUT2D eigenvalue weighted by Gasteiger charge is -2.29. The van der Waals surface area contributed by atoms with Crippen molar-refractivity contribution in [1.82, 2.24) is 4.57 Å². The lowest BCUT2D eigenvalue weighted by atomic mass is 10.1. The second-order valence-corrected chi connectivity index (χ2v) is 8.00. The summed E-state index contributed by atoms with van der Waals surface area (Å²) in [6.07, 6.45) is 0. The van der Waals surface area contributed by atoms with Crippen molar-refractivity contribution in [3.63, 3.8) is 0 Å². The minimum absolute atomic E-state index is 0.274. The molecule has 1 aliphatic heterocycles. The fourth-order valence-corrected chi connectivity index (χ4v) is 4.48. The molecule has 2 aromatic rings. The molecule has 1 fully saturated rings. The number of hydrogen-bond donors (Lipinski definition) is 2. The first-order valence-electron chi connectivity index (χ1n) is 10.5. The first-order valence-corrected chi connectivity index (χ1v) is 10.5. The molecule has 0 saturated carbocycles. The maximum atomic E-state index is 12.9. The predicted octanol–water partition coefficient (Wildman–Crippen LogP) is 0.308. The van der Waals surface area contributed by atoms with Crippen LogP contribution >= 0.6 is 0 Å². The fraction of sp³-hybridized carbons (Fsp3) is 0.522. The Morgan fingerprint density at radius 2 is 1.66 bits per heavy atom. The zero-order valence-electron chi connectivity index (χ0n) is 18.4. The van der Waals surface area contributed by atoms with Crippen LogP contribution in [0.5, 0.6) is 11.5 Å². The first kappa shape index (κ1) is 21.4. The number of hydrogen-bond acceptors (Lipinski definition) is 3. The van der Waals surface area contributed by atoms with Gasteiger partial charge >= 0.3 is 0 Å². The molecule has 0 aliphatic carbocycles. The van der Waals surface area contributed by atoms with Crippen LogP contribution in [0.15, 0.2) is 24.3 Å². The molecule has 0 spiro atoms. The molecule has 6 nitrogen and oxygen atoms in total. The van der Waals surface area contributed by atoms with Gasteiger partial charge in [0.1, 0.15) is 39.3 Å². The topological polar surface area (TPSA) is 49.3 Å². The van der Waals surface area contributed by atoms with Crippen molar-refractivity contribution in [2.45, 2.75) is 33.9 Å². The van der Waals surface area contributed by atoms with Gasteiger partial charge in [-0.05, 0) is 45.0 Å². The molecule has 0 bridgehead atoms. The van der Waals surface area contributed by atoms with Gasteiger partial charge in [0.25, 0.3) is 0 Å². The van der Waals surface area contributed by atoms with E-state index in [4.69, 9.17) is 9.47 Å². The highest BCUT2D eigenvalue weighted by atomic mass is 16.5. The number of Topliss-reactive ketones (excluding diaryl/α,β-unsaturated/α-hetero) is 1. The molecule has 158 valence electrons. The van der Waals surface area contributed by atoms with Crippen molar-refractivity contribution in [3.05, 3.63) is 46.8 Å². The molecule has 0 amide bonds. The number of carbonyl (C=O) groups is 1. The highest BCUT2D eigenvalue weighted by molar-refractivity contribution is 5.98. The van der Waals surface area contributed by atoms with Gasteiger partial charge < -0.3 is 23.8 Å². The van der Waals surface area contributed by atoms with E-state index in [-0.39, 0.29) is 5.78 Å². The molecular weight excluding hydrogens is 366 g/mol. The average Bonchev–Trinajstić information content (AvgIpc) is 3.02. The molecule has 1 aromatic carbocycles. The monoisotopic (exact) mass is 401 g/mol. The van der Waals surface area contributed by atoms with Gasteiger partial charge in [-0.15, -0.1) is 0 Å². The van der Waals surface area contributed by atoms with Gasteiger partial charge in [-0.3, -0.25) is 4.79 Å². The second kappa shape index (κ2) is 9.46. The number of rotatable bonds is 8. The van der Waals surface area contributed by atoms with E-state index in [2.05, 4.69) is 43.5 Å². The van der Waals surface area contributed by atoms with Crippen molar-refractivity contribution < 1.29 is 24.1 Å². The Balaban J connectivity index is 1.54. The Kier molecular flexibility index (Phi) is 6.98. The molecule has 2 N–H and O–H groups in total. The highest BCUT2D eigenvalue weighted by Gasteiger charge is 2.27. The number of ether oxygens (including phenoxy) is 2. The quantitative estimate of drug-likeness (QED) is 0.626. The van der Waals surface area contributed by atoms with Crippen LogP contribution in [0.2, 0.25) is 0 Å². The SMILES string of the molecule is CCn1c(C)cc(C(=O)C[NH+]2CC[NH+](Cc3ccc(OC)c(OC)c3)CC2)c1C. The summed E-state index contributed by atoms with van der Waals surface area (Å²) in [7, 11) is 3.33. The van der Waals surface area contributed by atoms with E-state index in [0.29, 0.717) is 6.54 Å². The molecule has 3 rings (SSSR count). The standard InChI is InChI=1S/C23H33N3O3/c1-6-26-17(2)13-20(18(26)3)21(27)16-25-11-9-24(10-12-25)15-19-7-8-22(28-4)23(14-19)29-5/h7-8,13-14H,6,9-12,15-16H2,1-5H3/p+2. The number of aryl methyl sites for hydroxylation is 1. The summed E-state index contributed by atoms with van der Waals surface area (Å²) >= 11 is 0. The summed E-state index contributed by atoms with van der Waals surface area (Å²) in [5, 5.41) is 0. The van der Waals surface area contributed by atoms with Crippen molar-refractivity contribution in [2.75, 3.05) is 46.9 Å². The molecular formula is C23H35N3O3+2. The number of methoxy groups -OCH3 is 2. The number of ketones is 1. The third kappa shape index (κ3) is 4.82. The number of nitrogens with zero attached hydrogens (tertiary/aromatic N) is 1. The van der Waals surface area contributed by atoms with Crippen LogP contribution in [-0.4, -0.2) is 57.3 Å². The first-order chi connectivity index (χ1) is 14.0. The van der Waals surface area contributed by atoms with Gasteiger partial charge in [0.05, 0.1) is 14.2 Å². The Morgan fingerprint density at radius 1 is 1.00 bits per heavy atom. The Labute approximate surface area is 174 Å². The summed E-state index contributed by atoms with van der Waals surface area (Å²) in [6.45, 7) is 12.9. The van der Waals surface area contributed by atoms with Crippen molar-refractivity contribution in [1.29, 1.82) is 0 Å². The highest BCUT2D eigenvalue weighted by Crippen LogP contribution is 2.27. The van der Waals surface area contributed by atoms with Crippen molar-refractivity contribution >= 4 is 5.78 Å². The van der Waals surface area contributed by atoms with Crippen LogP contribution in [0.4, 0.5) is 0 Å². The van der Waals surface area contributed by atoms with Crippen molar-refractivity contribution in [3.8, 4) is 11.5 Å². The van der Waals surface area contributed by atoms with E-state index in [1.54, 1.807) is 19.1 Å². The molecule has 1 saturated heterocycles. The van der Waals surface area contributed by atoms with Crippen molar-refractivity contribution in [2.24, 2.45) is 0 Å². The van der Waals surface area contributed by atoms with E-state index in [1.165, 1.54) is 16.2 Å². The molecule has 6 heteroatoms. The lowest BCUT2D eigenvalue weighted by molar-refractivity contribution is -1.01. The van der Waals surface area contributed by atoms with E-state index in [1.807, 2.05) is 6.07 Å². The molecule has 29 heavy (non-hydrogen) atoms. The number of carbonyl (C=O) groups excluding carboxylic acids is 1. The molecule has 0 atom stereocenters. The summed E-state index contributed by atoms with van der Waals surface area (Å²) in [6, 6.07) is 8.21. The van der Waals surface area contributed by atoms with Crippen LogP contribution in [0.25, 0.3) is 0 Å². The van der Waals surface area contributed by atoms with Gasteiger partial charge in [-0.1, -0.05) is 0 Å². The smallest absolute Gasteiger partial charge is 0.218 e. The molecule has 0 radical (unpaired) electrons. The second-order valence-electron chi connectivity index (χ2n) is 8.00. The average molecular weight is 402 g/mol. The number of benzene rings is 1. The van der Waals surface area contributed by atoms with E-state index >= 15 is 0 Å². The van der Waals surface area contributed by atoms with Gasteiger partial charge in [0, 0.05) is 29.1 Å². The minimum Gasteiger partial charge on any atom is -0.493 e. The Bertz CT molecular complexity index is 851. The zero-order chi connectivity index (χ0) is 21.0. The van der Waals surface area contributed by atoms with E-state index in [0.717, 1.165) is 62.0 Å². The summed E-state index contributed by atoms with van der Waals surface area (Å²) < 4.78 is 13.0. The lowest BCUT2D eigenvalue weighted by Crippen LogP contribution is -3.27.